The van der Waals surface area contributed by atoms with Gasteiger partial charge in [0.15, 0.2) is 0 Å². The quantitative estimate of drug-likeness (QED) is 0.858. The van der Waals surface area contributed by atoms with E-state index in [4.69, 9.17) is 11.6 Å². The fourth-order valence-electron chi connectivity index (χ4n) is 1.62. The zero-order chi connectivity index (χ0) is 16.2. The summed E-state index contributed by atoms with van der Waals surface area (Å²) in [6, 6.07) is 2.46. The molecule has 0 bridgehead atoms. The van der Waals surface area contributed by atoms with E-state index < -0.39 is 17.8 Å². The minimum Gasteiger partial charge on any atom is -0.374 e. The van der Waals surface area contributed by atoms with E-state index in [0.29, 0.717) is 0 Å². The molecule has 0 aliphatic rings. The van der Waals surface area contributed by atoms with Gasteiger partial charge < -0.3 is 10.6 Å². The maximum atomic E-state index is 12.7. The van der Waals surface area contributed by atoms with Gasteiger partial charge in [-0.1, -0.05) is 18.5 Å². The summed E-state index contributed by atoms with van der Waals surface area (Å²) in [4.78, 5) is 11.9. The molecule has 1 aromatic rings. The molecule has 0 aliphatic carbocycles. The molecule has 0 radical (unpaired) electrons. The molecule has 0 aromatic heterocycles. The SMILES string of the molecule is CCC(C)NC(=O)C(C)Nc1cc(Cl)cc(C(F)(F)F)c1. The molecular weight excluding hydrogens is 305 g/mol. The van der Waals surface area contributed by atoms with E-state index in [1.54, 1.807) is 6.92 Å². The first-order valence-electron chi connectivity index (χ1n) is 6.58. The molecule has 2 atom stereocenters. The van der Waals surface area contributed by atoms with Crippen molar-refractivity contribution < 1.29 is 18.0 Å². The van der Waals surface area contributed by atoms with Gasteiger partial charge in [-0.3, -0.25) is 4.79 Å². The van der Waals surface area contributed by atoms with Crippen molar-refractivity contribution in [2.24, 2.45) is 0 Å². The van der Waals surface area contributed by atoms with Crippen LogP contribution in [0.3, 0.4) is 0 Å². The molecule has 2 unspecified atom stereocenters. The van der Waals surface area contributed by atoms with Crippen molar-refractivity contribution >= 4 is 23.2 Å². The molecule has 0 spiro atoms. The zero-order valence-electron chi connectivity index (χ0n) is 12.0. The van der Waals surface area contributed by atoms with Crippen LogP contribution in [0.2, 0.25) is 5.02 Å². The molecule has 0 aliphatic heterocycles. The second kappa shape index (κ2) is 7.02. The van der Waals surface area contributed by atoms with Crippen molar-refractivity contribution in [1.82, 2.24) is 5.32 Å². The van der Waals surface area contributed by atoms with E-state index in [0.717, 1.165) is 18.6 Å². The number of nitrogens with one attached hydrogen (secondary N) is 2. The summed E-state index contributed by atoms with van der Waals surface area (Å²) in [5, 5.41) is 5.44. The van der Waals surface area contributed by atoms with Gasteiger partial charge in [0, 0.05) is 16.8 Å². The summed E-state index contributed by atoms with van der Waals surface area (Å²) in [5.41, 5.74) is -0.700. The van der Waals surface area contributed by atoms with Gasteiger partial charge in [0.2, 0.25) is 5.91 Å². The number of halogens is 4. The van der Waals surface area contributed by atoms with Gasteiger partial charge in [0.05, 0.1) is 5.56 Å². The Labute approximate surface area is 126 Å². The predicted octanol–water partition coefficient (Wildman–Crippen LogP) is 4.07. The highest BCUT2D eigenvalue weighted by molar-refractivity contribution is 6.31. The summed E-state index contributed by atoms with van der Waals surface area (Å²) in [5.74, 6) is -0.280. The zero-order valence-corrected chi connectivity index (χ0v) is 12.8. The molecule has 0 fully saturated rings. The first-order chi connectivity index (χ1) is 9.63. The molecule has 7 heteroatoms. The van der Waals surface area contributed by atoms with Crippen molar-refractivity contribution in [2.75, 3.05) is 5.32 Å². The Kier molecular flexibility index (Phi) is 5.89. The molecule has 1 amide bonds. The standard InChI is InChI=1S/C14H18ClF3N2O/c1-4-8(2)19-13(21)9(3)20-12-6-10(14(16,17)18)5-11(15)7-12/h5-9,20H,4H2,1-3H3,(H,19,21). The monoisotopic (exact) mass is 322 g/mol. The lowest BCUT2D eigenvalue weighted by Gasteiger charge is -2.19. The Hall–Kier alpha value is -1.43. The lowest BCUT2D eigenvalue weighted by molar-refractivity contribution is -0.137. The van der Waals surface area contributed by atoms with Gasteiger partial charge in [-0.2, -0.15) is 13.2 Å². The maximum absolute atomic E-state index is 12.7. The third-order valence-corrected chi connectivity index (χ3v) is 3.22. The van der Waals surface area contributed by atoms with Crippen LogP contribution >= 0.6 is 11.6 Å². The van der Waals surface area contributed by atoms with Crippen molar-refractivity contribution in [3.05, 3.63) is 28.8 Å². The number of rotatable bonds is 5. The summed E-state index contributed by atoms with van der Waals surface area (Å²) in [6.45, 7) is 5.35. The van der Waals surface area contributed by atoms with Gasteiger partial charge in [0.1, 0.15) is 6.04 Å². The number of carbonyl (C=O) groups excluding carboxylic acids is 1. The van der Waals surface area contributed by atoms with Gasteiger partial charge in [-0.25, -0.2) is 0 Å². The van der Waals surface area contributed by atoms with Crippen molar-refractivity contribution in [1.29, 1.82) is 0 Å². The molecule has 118 valence electrons. The van der Waals surface area contributed by atoms with Gasteiger partial charge in [-0.15, -0.1) is 0 Å². The molecule has 0 saturated carbocycles. The fourth-order valence-corrected chi connectivity index (χ4v) is 1.86. The average molecular weight is 323 g/mol. The van der Waals surface area contributed by atoms with E-state index in [9.17, 15) is 18.0 Å². The Bertz CT molecular complexity index is 505. The minimum absolute atomic E-state index is 0.00634. The Balaban J connectivity index is 2.83. The van der Waals surface area contributed by atoms with Gasteiger partial charge >= 0.3 is 6.18 Å². The Morgan fingerprint density at radius 3 is 2.43 bits per heavy atom. The highest BCUT2D eigenvalue weighted by atomic mass is 35.5. The highest BCUT2D eigenvalue weighted by Crippen LogP contribution is 2.33. The lowest BCUT2D eigenvalue weighted by atomic mass is 10.1. The Morgan fingerprint density at radius 1 is 1.29 bits per heavy atom. The molecule has 3 nitrogen and oxygen atoms in total. The number of hydrogen-bond acceptors (Lipinski definition) is 2. The fraction of sp³-hybridized carbons (Fsp3) is 0.500. The summed E-state index contributed by atoms with van der Waals surface area (Å²) >= 11 is 5.69. The smallest absolute Gasteiger partial charge is 0.374 e. The van der Waals surface area contributed by atoms with Crippen LogP contribution in [0.15, 0.2) is 18.2 Å². The van der Waals surface area contributed by atoms with Crippen molar-refractivity contribution in [3.63, 3.8) is 0 Å². The van der Waals surface area contributed by atoms with Crippen molar-refractivity contribution in [2.45, 2.75) is 45.5 Å². The van der Waals surface area contributed by atoms with E-state index in [2.05, 4.69) is 10.6 Å². The molecular formula is C14H18ClF3N2O. The van der Waals surface area contributed by atoms with Crippen LogP contribution < -0.4 is 10.6 Å². The topological polar surface area (TPSA) is 41.1 Å². The summed E-state index contributed by atoms with van der Waals surface area (Å²) in [6.07, 6.45) is -3.71. The molecule has 2 N–H and O–H groups in total. The van der Waals surface area contributed by atoms with Crippen LogP contribution in [0.1, 0.15) is 32.8 Å². The van der Waals surface area contributed by atoms with Gasteiger partial charge in [-0.05, 0) is 38.5 Å². The van der Waals surface area contributed by atoms with E-state index >= 15 is 0 Å². The highest BCUT2D eigenvalue weighted by Gasteiger charge is 2.31. The van der Waals surface area contributed by atoms with Crippen LogP contribution in [0.5, 0.6) is 0 Å². The second-order valence-corrected chi connectivity index (χ2v) is 5.35. The number of alkyl halides is 3. The Morgan fingerprint density at radius 2 is 1.90 bits per heavy atom. The summed E-state index contributed by atoms with van der Waals surface area (Å²) in [7, 11) is 0. The number of amides is 1. The summed E-state index contributed by atoms with van der Waals surface area (Å²) < 4.78 is 38.1. The normalized spacial score (nSPS) is 14.4. The van der Waals surface area contributed by atoms with Crippen LogP contribution in [0.25, 0.3) is 0 Å². The molecule has 0 saturated heterocycles. The first kappa shape index (κ1) is 17.6. The molecule has 21 heavy (non-hydrogen) atoms. The number of hydrogen-bond donors (Lipinski definition) is 2. The number of carbonyl (C=O) groups is 1. The number of anilines is 1. The third kappa shape index (κ3) is 5.46. The van der Waals surface area contributed by atoms with Crippen molar-refractivity contribution in [3.8, 4) is 0 Å². The molecule has 0 heterocycles. The van der Waals surface area contributed by atoms with E-state index in [1.165, 1.54) is 6.07 Å². The maximum Gasteiger partial charge on any atom is 0.416 e. The van der Waals surface area contributed by atoms with E-state index in [-0.39, 0.29) is 22.7 Å². The lowest BCUT2D eigenvalue weighted by Crippen LogP contribution is -2.41. The first-order valence-corrected chi connectivity index (χ1v) is 6.96. The molecule has 1 rings (SSSR count). The van der Waals surface area contributed by atoms with Gasteiger partial charge in [0.25, 0.3) is 0 Å². The predicted molar refractivity (Wildman–Crippen MR) is 77.4 cm³/mol. The molecule has 1 aromatic carbocycles. The number of benzene rings is 1. The van der Waals surface area contributed by atoms with Crippen LogP contribution in [0, 0.1) is 0 Å². The third-order valence-electron chi connectivity index (χ3n) is 3.00. The van der Waals surface area contributed by atoms with Crippen LogP contribution in [-0.4, -0.2) is 18.0 Å². The second-order valence-electron chi connectivity index (χ2n) is 4.91. The van der Waals surface area contributed by atoms with Crippen LogP contribution in [0.4, 0.5) is 18.9 Å². The largest absolute Gasteiger partial charge is 0.416 e. The van der Waals surface area contributed by atoms with E-state index in [1.807, 2.05) is 13.8 Å². The average Bonchev–Trinajstić information content (AvgIpc) is 2.36. The van der Waals surface area contributed by atoms with Crippen LogP contribution in [-0.2, 0) is 11.0 Å². The minimum atomic E-state index is -4.48.